The number of halogens is 1. The summed E-state index contributed by atoms with van der Waals surface area (Å²) in [6.45, 7) is 0. The summed E-state index contributed by atoms with van der Waals surface area (Å²) in [4.78, 5) is 24.7. The Bertz CT molecular complexity index is 1020. The first-order valence-corrected chi connectivity index (χ1v) is 9.13. The van der Waals surface area contributed by atoms with Gasteiger partial charge >= 0.3 is 6.03 Å². The number of benzene rings is 2. The largest absolute Gasteiger partial charge is 0.493 e. The van der Waals surface area contributed by atoms with Gasteiger partial charge in [-0.05, 0) is 36.4 Å². The van der Waals surface area contributed by atoms with Crippen LogP contribution in [0.15, 0.2) is 42.5 Å². The molecule has 0 saturated heterocycles. The van der Waals surface area contributed by atoms with Gasteiger partial charge in [-0.2, -0.15) is 0 Å². The van der Waals surface area contributed by atoms with E-state index in [0.717, 1.165) is 11.3 Å². The molecule has 144 valence electrons. The van der Waals surface area contributed by atoms with E-state index in [-0.39, 0.29) is 15.9 Å². The Morgan fingerprint density at radius 2 is 1.79 bits per heavy atom. The molecule has 0 atom stereocenters. The highest BCUT2D eigenvalue weighted by Crippen LogP contribution is 2.29. The average molecular weight is 419 g/mol. The third-order valence-corrected chi connectivity index (χ3v) is 4.64. The van der Waals surface area contributed by atoms with E-state index in [1.807, 2.05) is 0 Å². The molecular formula is C18H15ClN4O4S. The normalized spacial score (nSPS) is 10.2. The van der Waals surface area contributed by atoms with Crippen LogP contribution in [0, 0.1) is 0 Å². The molecule has 0 aliphatic heterocycles. The number of methoxy groups -OCH3 is 2. The molecular weight excluding hydrogens is 404 g/mol. The van der Waals surface area contributed by atoms with Crippen molar-refractivity contribution in [2.24, 2.45) is 0 Å². The van der Waals surface area contributed by atoms with Crippen LogP contribution in [0.4, 0.5) is 15.6 Å². The fourth-order valence-electron chi connectivity index (χ4n) is 2.29. The van der Waals surface area contributed by atoms with Crippen LogP contribution in [0.1, 0.15) is 15.4 Å². The van der Waals surface area contributed by atoms with Crippen molar-refractivity contribution in [1.82, 2.24) is 10.2 Å². The zero-order valence-corrected chi connectivity index (χ0v) is 16.4. The van der Waals surface area contributed by atoms with E-state index >= 15 is 0 Å². The van der Waals surface area contributed by atoms with Gasteiger partial charge in [0.1, 0.15) is 0 Å². The number of carbonyl (C=O) groups is 2. The van der Waals surface area contributed by atoms with Gasteiger partial charge in [0.15, 0.2) is 16.5 Å². The number of anilines is 2. The molecule has 2 amide bonds. The standard InChI is InChI=1S/C18H15ClN4O4S/c1-26-13-7-6-10(8-14(13)27-2)15(24)16-22-23-18(28-16)21-17(25)20-12-5-3-4-11(19)9-12/h3-9H,1-2H3,(H2,20,21,23,25). The Balaban J connectivity index is 1.69. The topological polar surface area (TPSA) is 102 Å². The van der Waals surface area contributed by atoms with Crippen molar-refractivity contribution in [3.8, 4) is 11.5 Å². The first-order chi connectivity index (χ1) is 13.5. The summed E-state index contributed by atoms with van der Waals surface area (Å²) < 4.78 is 10.4. The lowest BCUT2D eigenvalue weighted by Crippen LogP contribution is -2.19. The zero-order valence-electron chi connectivity index (χ0n) is 14.9. The first-order valence-electron chi connectivity index (χ1n) is 7.94. The number of ketones is 1. The van der Waals surface area contributed by atoms with E-state index in [4.69, 9.17) is 21.1 Å². The quantitative estimate of drug-likeness (QED) is 0.584. The van der Waals surface area contributed by atoms with Crippen LogP contribution >= 0.6 is 22.9 Å². The van der Waals surface area contributed by atoms with Crippen molar-refractivity contribution in [1.29, 1.82) is 0 Å². The number of urea groups is 1. The SMILES string of the molecule is COc1ccc(C(=O)c2nnc(NC(=O)Nc3cccc(Cl)c3)s2)cc1OC. The van der Waals surface area contributed by atoms with Gasteiger partial charge in [-0.25, -0.2) is 4.79 Å². The van der Waals surface area contributed by atoms with E-state index in [0.29, 0.717) is 27.8 Å². The molecule has 0 radical (unpaired) electrons. The van der Waals surface area contributed by atoms with Gasteiger partial charge in [-0.3, -0.25) is 10.1 Å². The molecule has 0 unspecified atom stereocenters. The Kier molecular flexibility index (Phi) is 6.07. The van der Waals surface area contributed by atoms with Crippen molar-refractivity contribution in [3.63, 3.8) is 0 Å². The molecule has 0 spiro atoms. The maximum Gasteiger partial charge on any atom is 0.325 e. The molecule has 0 fully saturated rings. The third-order valence-electron chi connectivity index (χ3n) is 3.57. The zero-order chi connectivity index (χ0) is 20.1. The maximum absolute atomic E-state index is 12.6. The number of rotatable bonds is 6. The van der Waals surface area contributed by atoms with Gasteiger partial charge in [0, 0.05) is 16.3 Å². The van der Waals surface area contributed by atoms with Crippen molar-refractivity contribution in [2.75, 3.05) is 24.9 Å². The Morgan fingerprint density at radius 3 is 2.50 bits per heavy atom. The fraction of sp³-hybridized carbons (Fsp3) is 0.111. The van der Waals surface area contributed by atoms with E-state index in [2.05, 4.69) is 20.8 Å². The highest BCUT2D eigenvalue weighted by molar-refractivity contribution is 7.17. The fourth-order valence-corrected chi connectivity index (χ4v) is 3.18. The minimum absolute atomic E-state index is 0.130. The highest BCUT2D eigenvalue weighted by atomic mass is 35.5. The van der Waals surface area contributed by atoms with Gasteiger partial charge in [0.25, 0.3) is 0 Å². The van der Waals surface area contributed by atoms with Gasteiger partial charge in [-0.1, -0.05) is 29.0 Å². The molecule has 28 heavy (non-hydrogen) atoms. The Hall–Kier alpha value is -3.17. The maximum atomic E-state index is 12.6. The lowest BCUT2D eigenvalue weighted by atomic mass is 10.1. The van der Waals surface area contributed by atoms with Crippen molar-refractivity contribution in [3.05, 3.63) is 58.1 Å². The Morgan fingerprint density at radius 1 is 1.00 bits per heavy atom. The summed E-state index contributed by atoms with van der Waals surface area (Å²) in [5.74, 6) is 0.593. The van der Waals surface area contributed by atoms with Crippen LogP contribution < -0.4 is 20.1 Å². The number of ether oxygens (including phenoxy) is 2. The lowest BCUT2D eigenvalue weighted by molar-refractivity contribution is 0.103. The molecule has 10 heteroatoms. The van der Waals surface area contributed by atoms with Crippen LogP contribution in [0.3, 0.4) is 0 Å². The van der Waals surface area contributed by atoms with Gasteiger partial charge in [0.05, 0.1) is 14.2 Å². The van der Waals surface area contributed by atoms with Crippen molar-refractivity contribution in [2.45, 2.75) is 0 Å². The number of nitrogens with one attached hydrogen (secondary N) is 2. The predicted octanol–water partition coefficient (Wildman–Crippen LogP) is 4.08. The molecule has 0 aliphatic carbocycles. The number of aromatic nitrogens is 2. The summed E-state index contributed by atoms with van der Waals surface area (Å²) in [6.07, 6.45) is 0. The molecule has 0 saturated carbocycles. The monoisotopic (exact) mass is 418 g/mol. The van der Waals surface area contributed by atoms with Crippen LogP contribution in [0.25, 0.3) is 0 Å². The average Bonchev–Trinajstić information content (AvgIpc) is 3.15. The molecule has 2 aromatic carbocycles. The summed E-state index contributed by atoms with van der Waals surface area (Å²) >= 11 is 6.84. The van der Waals surface area contributed by atoms with Gasteiger partial charge < -0.3 is 14.8 Å². The second-order valence-electron chi connectivity index (χ2n) is 5.40. The summed E-state index contributed by atoms with van der Waals surface area (Å²) in [6, 6.07) is 11.0. The van der Waals surface area contributed by atoms with E-state index in [9.17, 15) is 9.59 Å². The molecule has 1 heterocycles. The third kappa shape index (κ3) is 4.56. The number of amides is 2. The van der Waals surface area contributed by atoms with Gasteiger partial charge in [0.2, 0.25) is 10.9 Å². The second-order valence-corrected chi connectivity index (χ2v) is 6.81. The molecule has 3 rings (SSSR count). The molecule has 0 aliphatic rings. The van der Waals surface area contributed by atoms with Crippen LogP contribution in [0.5, 0.6) is 11.5 Å². The van der Waals surface area contributed by atoms with Crippen LogP contribution in [-0.4, -0.2) is 36.2 Å². The molecule has 3 aromatic rings. The molecule has 1 aromatic heterocycles. The van der Waals surface area contributed by atoms with Crippen molar-refractivity contribution >= 4 is 45.6 Å². The molecule has 8 nitrogen and oxygen atoms in total. The summed E-state index contributed by atoms with van der Waals surface area (Å²) in [7, 11) is 2.99. The number of carbonyl (C=O) groups excluding carboxylic acids is 2. The van der Waals surface area contributed by atoms with Crippen LogP contribution in [0.2, 0.25) is 5.02 Å². The predicted molar refractivity (Wildman–Crippen MR) is 107 cm³/mol. The number of hydrogen-bond acceptors (Lipinski definition) is 7. The molecule has 2 N–H and O–H groups in total. The van der Waals surface area contributed by atoms with Crippen LogP contribution in [-0.2, 0) is 0 Å². The smallest absolute Gasteiger partial charge is 0.325 e. The first kappa shape index (κ1) is 19.6. The summed E-state index contributed by atoms with van der Waals surface area (Å²) in [5, 5.41) is 13.6. The number of nitrogens with zero attached hydrogens (tertiary/aromatic N) is 2. The van der Waals surface area contributed by atoms with E-state index < -0.39 is 6.03 Å². The van der Waals surface area contributed by atoms with Gasteiger partial charge in [-0.15, -0.1) is 10.2 Å². The molecule has 0 bridgehead atoms. The van der Waals surface area contributed by atoms with E-state index in [1.54, 1.807) is 42.5 Å². The lowest BCUT2D eigenvalue weighted by Gasteiger charge is -2.08. The van der Waals surface area contributed by atoms with E-state index in [1.165, 1.54) is 14.2 Å². The Labute approximate surface area is 169 Å². The van der Waals surface area contributed by atoms with Crippen molar-refractivity contribution < 1.29 is 19.1 Å². The summed E-state index contributed by atoms with van der Waals surface area (Å²) in [5.41, 5.74) is 0.889. The second kappa shape index (κ2) is 8.68. The highest BCUT2D eigenvalue weighted by Gasteiger charge is 2.18. The minimum Gasteiger partial charge on any atom is -0.493 e. The minimum atomic E-state index is -0.525. The number of hydrogen-bond donors (Lipinski definition) is 2.